The number of anilines is 2. The lowest BCUT2D eigenvalue weighted by Crippen LogP contribution is -2.32. The van der Waals surface area contributed by atoms with Gasteiger partial charge in [0.1, 0.15) is 16.4 Å². The Kier molecular flexibility index (Phi) is 6.25. The van der Waals surface area contributed by atoms with Gasteiger partial charge in [0.05, 0.1) is 10.7 Å². The second kappa shape index (κ2) is 8.93. The summed E-state index contributed by atoms with van der Waals surface area (Å²) >= 11 is 19.3. The van der Waals surface area contributed by atoms with Crippen LogP contribution in [0.3, 0.4) is 0 Å². The maximum Gasteiger partial charge on any atom is 0.283 e. The molecule has 4 nitrogen and oxygen atoms in total. The Morgan fingerprint density at radius 2 is 1.45 bits per heavy atom. The molecule has 0 radical (unpaired) electrons. The molecule has 3 aromatic carbocycles. The second-order valence-corrected chi connectivity index (χ2v) is 8.80. The first-order chi connectivity index (χ1) is 14.8. The van der Waals surface area contributed by atoms with Gasteiger partial charge in [0.2, 0.25) is 0 Å². The highest BCUT2D eigenvalue weighted by Gasteiger charge is 2.41. The van der Waals surface area contributed by atoms with Crippen molar-refractivity contribution in [1.29, 1.82) is 0 Å². The molecule has 3 aromatic rings. The third kappa shape index (κ3) is 4.57. The molecule has 0 spiro atoms. The lowest BCUT2D eigenvalue weighted by molar-refractivity contribution is -0.120. The Balaban J connectivity index is 1.76. The Bertz CT molecular complexity index is 1140. The summed E-state index contributed by atoms with van der Waals surface area (Å²) in [5.74, 6) is -1.55. The van der Waals surface area contributed by atoms with Gasteiger partial charge in [-0.25, -0.2) is 9.29 Å². The molecule has 0 unspecified atom stereocenters. The van der Waals surface area contributed by atoms with Crippen LogP contribution < -0.4 is 10.2 Å². The van der Waals surface area contributed by atoms with Gasteiger partial charge < -0.3 is 5.32 Å². The van der Waals surface area contributed by atoms with Gasteiger partial charge in [0, 0.05) is 20.6 Å². The van der Waals surface area contributed by atoms with Crippen molar-refractivity contribution < 1.29 is 14.0 Å². The van der Waals surface area contributed by atoms with Crippen LogP contribution in [0.15, 0.2) is 82.2 Å². The van der Waals surface area contributed by atoms with E-state index in [1.165, 1.54) is 36.4 Å². The highest BCUT2D eigenvalue weighted by Crippen LogP contribution is 2.40. The molecular formula is C22H12Cl3FN2O2S. The van der Waals surface area contributed by atoms with E-state index in [1.54, 1.807) is 30.3 Å². The molecule has 156 valence electrons. The third-order valence-corrected chi connectivity index (χ3v) is 6.22. The van der Waals surface area contributed by atoms with E-state index in [1.807, 2.05) is 0 Å². The fourth-order valence-corrected chi connectivity index (χ4v) is 4.44. The average molecular weight is 494 g/mol. The number of carbonyl (C=O) groups is 2. The number of halogens is 4. The zero-order valence-electron chi connectivity index (χ0n) is 15.5. The zero-order valence-corrected chi connectivity index (χ0v) is 18.6. The van der Waals surface area contributed by atoms with E-state index in [2.05, 4.69) is 5.32 Å². The summed E-state index contributed by atoms with van der Waals surface area (Å²) in [6, 6.07) is 16.8. The van der Waals surface area contributed by atoms with Crippen molar-refractivity contribution in [2.24, 2.45) is 0 Å². The molecule has 2 amide bonds. The standard InChI is InChI=1S/C22H12Cl3FN2O2S/c23-12-1-8-16(9-2-12)31-20-19(27-15-6-4-14(26)5-7-15)21(29)28(22(20)30)18-10-3-13(24)11-17(18)25/h1-11,27H. The SMILES string of the molecule is O=C1C(Nc2ccc(F)cc2)=C(Sc2ccc(Cl)cc2)C(=O)N1c1ccc(Cl)cc1Cl. The van der Waals surface area contributed by atoms with Crippen LogP contribution >= 0.6 is 46.6 Å². The van der Waals surface area contributed by atoms with Crippen LogP contribution in [0.5, 0.6) is 0 Å². The largest absolute Gasteiger partial charge is 0.350 e. The fraction of sp³-hybridized carbons (Fsp3) is 0. The first-order valence-electron chi connectivity index (χ1n) is 8.87. The monoisotopic (exact) mass is 492 g/mol. The highest BCUT2D eigenvalue weighted by molar-refractivity contribution is 8.04. The van der Waals surface area contributed by atoms with Crippen LogP contribution in [0.4, 0.5) is 15.8 Å². The van der Waals surface area contributed by atoms with Gasteiger partial charge in [-0.1, -0.05) is 46.6 Å². The van der Waals surface area contributed by atoms with Gasteiger partial charge in [-0.15, -0.1) is 0 Å². The summed E-state index contributed by atoms with van der Waals surface area (Å²) in [7, 11) is 0. The first-order valence-corrected chi connectivity index (χ1v) is 10.8. The van der Waals surface area contributed by atoms with E-state index in [0.29, 0.717) is 20.6 Å². The van der Waals surface area contributed by atoms with Gasteiger partial charge in [0.15, 0.2) is 0 Å². The zero-order chi connectivity index (χ0) is 22.1. The number of thioether (sulfide) groups is 1. The highest BCUT2D eigenvalue weighted by atomic mass is 35.5. The van der Waals surface area contributed by atoms with Crippen molar-refractivity contribution in [3.05, 3.63) is 98.2 Å². The molecule has 1 aliphatic heterocycles. The molecule has 0 bridgehead atoms. The second-order valence-electron chi connectivity index (χ2n) is 6.43. The Hall–Kier alpha value is -2.51. The van der Waals surface area contributed by atoms with Gasteiger partial charge in [-0.3, -0.25) is 9.59 Å². The van der Waals surface area contributed by atoms with E-state index in [-0.39, 0.29) is 21.3 Å². The van der Waals surface area contributed by atoms with Gasteiger partial charge in [-0.2, -0.15) is 0 Å². The van der Waals surface area contributed by atoms with Crippen molar-refractivity contribution in [3.63, 3.8) is 0 Å². The van der Waals surface area contributed by atoms with Crippen LogP contribution in [0, 0.1) is 5.82 Å². The van der Waals surface area contributed by atoms with E-state index in [0.717, 1.165) is 16.7 Å². The normalized spacial score (nSPS) is 13.9. The summed E-state index contributed by atoms with van der Waals surface area (Å²) in [6.45, 7) is 0. The number of benzene rings is 3. The maximum atomic E-state index is 13.3. The molecule has 0 aliphatic carbocycles. The Labute approximate surface area is 196 Å². The van der Waals surface area contributed by atoms with E-state index in [9.17, 15) is 14.0 Å². The topological polar surface area (TPSA) is 49.4 Å². The van der Waals surface area contributed by atoms with Crippen molar-refractivity contribution in [3.8, 4) is 0 Å². The maximum absolute atomic E-state index is 13.3. The van der Waals surface area contributed by atoms with E-state index in [4.69, 9.17) is 34.8 Å². The van der Waals surface area contributed by atoms with E-state index < -0.39 is 17.6 Å². The summed E-state index contributed by atoms with van der Waals surface area (Å²) in [5, 5.41) is 4.03. The minimum absolute atomic E-state index is 0.0579. The van der Waals surface area contributed by atoms with Crippen molar-refractivity contribution >= 4 is 69.8 Å². The molecule has 0 atom stereocenters. The van der Waals surface area contributed by atoms with Gasteiger partial charge in [-0.05, 0) is 66.7 Å². The fourth-order valence-electron chi connectivity index (χ4n) is 2.89. The number of nitrogens with one attached hydrogen (secondary N) is 1. The molecule has 31 heavy (non-hydrogen) atoms. The number of nitrogens with zero attached hydrogens (tertiary/aromatic N) is 1. The quantitative estimate of drug-likeness (QED) is 0.398. The van der Waals surface area contributed by atoms with Crippen LogP contribution in [-0.2, 0) is 9.59 Å². The molecule has 0 saturated carbocycles. The number of carbonyl (C=O) groups excluding carboxylic acids is 2. The summed E-state index contributed by atoms with van der Waals surface area (Å²) < 4.78 is 13.3. The molecule has 1 N–H and O–H groups in total. The summed E-state index contributed by atoms with van der Waals surface area (Å²) in [5.41, 5.74) is 0.726. The van der Waals surface area contributed by atoms with Crippen LogP contribution in [0.25, 0.3) is 0 Å². The van der Waals surface area contributed by atoms with Gasteiger partial charge in [0.25, 0.3) is 11.8 Å². The lowest BCUT2D eigenvalue weighted by Gasteiger charge is -2.17. The molecule has 0 aromatic heterocycles. The number of rotatable bonds is 5. The van der Waals surface area contributed by atoms with Crippen molar-refractivity contribution in [2.45, 2.75) is 4.90 Å². The molecule has 4 rings (SSSR count). The number of amides is 2. The third-order valence-electron chi connectivity index (χ3n) is 4.34. The van der Waals surface area contributed by atoms with E-state index >= 15 is 0 Å². The number of hydrogen-bond donors (Lipinski definition) is 1. The van der Waals surface area contributed by atoms with Gasteiger partial charge >= 0.3 is 0 Å². The predicted molar refractivity (Wildman–Crippen MR) is 123 cm³/mol. The number of imide groups is 1. The van der Waals surface area contributed by atoms with Crippen LogP contribution in [0.2, 0.25) is 15.1 Å². The minimum Gasteiger partial charge on any atom is -0.350 e. The predicted octanol–water partition coefficient (Wildman–Crippen LogP) is 6.78. The van der Waals surface area contributed by atoms with Crippen molar-refractivity contribution in [1.82, 2.24) is 0 Å². The lowest BCUT2D eigenvalue weighted by atomic mass is 10.2. The summed E-state index contributed by atoms with van der Waals surface area (Å²) in [6.07, 6.45) is 0. The van der Waals surface area contributed by atoms with Crippen LogP contribution in [-0.4, -0.2) is 11.8 Å². The molecule has 1 heterocycles. The molecule has 1 aliphatic rings. The molecular weight excluding hydrogens is 482 g/mol. The summed E-state index contributed by atoms with van der Waals surface area (Å²) in [4.78, 5) is 28.4. The molecule has 0 saturated heterocycles. The molecule has 9 heteroatoms. The Morgan fingerprint density at radius 1 is 0.806 bits per heavy atom. The smallest absolute Gasteiger partial charge is 0.283 e. The van der Waals surface area contributed by atoms with Crippen molar-refractivity contribution in [2.75, 3.05) is 10.2 Å². The molecule has 0 fully saturated rings. The first kappa shape index (κ1) is 21.7. The Morgan fingerprint density at radius 3 is 2.10 bits per heavy atom. The van der Waals surface area contributed by atoms with Crippen LogP contribution in [0.1, 0.15) is 0 Å². The average Bonchev–Trinajstić information content (AvgIpc) is 2.96. The minimum atomic E-state index is -0.588. The number of hydrogen-bond acceptors (Lipinski definition) is 4.